The quantitative estimate of drug-likeness (QED) is 0.518. The maximum Gasteiger partial charge on any atom is 0.316 e. The van der Waals surface area contributed by atoms with E-state index in [2.05, 4.69) is 26.6 Å². The fourth-order valence-corrected chi connectivity index (χ4v) is 2.31. The molecule has 0 aromatic heterocycles. The summed E-state index contributed by atoms with van der Waals surface area (Å²) in [5.41, 5.74) is 0. The average Bonchev–Trinajstić information content (AvgIpc) is 2.50. The molecule has 0 heterocycles. The summed E-state index contributed by atoms with van der Waals surface area (Å²) in [5.74, 6) is -1.16. The Morgan fingerprint density at radius 1 is 1.14 bits per heavy atom. The minimum atomic E-state index is -0.506. The minimum absolute atomic E-state index is 0.116. The molecule has 1 aromatic carbocycles. The number of rotatable bonds is 8. The first-order chi connectivity index (χ1) is 10.5. The van der Waals surface area contributed by atoms with Crippen molar-refractivity contribution in [3.63, 3.8) is 0 Å². The highest BCUT2D eigenvalue weighted by atomic mass is 79.9. The first-order valence-corrected chi connectivity index (χ1v) is 8.36. The Balaban J connectivity index is 2.18. The van der Waals surface area contributed by atoms with Crippen LogP contribution < -0.4 is 10.6 Å². The summed E-state index contributed by atoms with van der Waals surface area (Å²) in [6, 6.07) is 7.51. The second-order valence-electron chi connectivity index (χ2n) is 4.13. The number of benzene rings is 1. The third kappa shape index (κ3) is 8.04. The minimum Gasteiger partial charge on any atom is -0.455 e. The Labute approximate surface area is 141 Å². The molecule has 2 N–H and O–H groups in total. The van der Waals surface area contributed by atoms with E-state index in [0.717, 1.165) is 9.37 Å². The van der Waals surface area contributed by atoms with Crippen LogP contribution in [0.2, 0.25) is 0 Å². The lowest BCUT2D eigenvalue weighted by molar-refractivity contribution is -0.146. The molecule has 0 spiro atoms. The number of nitrogens with one attached hydrogen (secondary N) is 2. The van der Waals surface area contributed by atoms with Crippen LogP contribution in [0.1, 0.15) is 6.92 Å². The number of hydrogen-bond donors (Lipinski definition) is 2. The fraction of sp³-hybridized carbons (Fsp3) is 0.357. The van der Waals surface area contributed by atoms with E-state index in [9.17, 15) is 14.4 Å². The van der Waals surface area contributed by atoms with Crippen LogP contribution in [-0.4, -0.2) is 43.2 Å². The molecule has 2 amide bonds. The standard InChI is InChI=1S/C14H17BrN2O4S/c1-2-16-12(18)7-17-13(19)8-21-14(20)9-22-11-5-3-10(15)4-6-11/h3-6H,2,7-9H2,1H3,(H,16,18)(H,17,19). The van der Waals surface area contributed by atoms with Gasteiger partial charge in [0, 0.05) is 15.9 Å². The molecule has 0 atom stereocenters. The van der Waals surface area contributed by atoms with Crippen molar-refractivity contribution >= 4 is 45.5 Å². The van der Waals surface area contributed by atoms with Crippen molar-refractivity contribution in [2.45, 2.75) is 11.8 Å². The van der Waals surface area contributed by atoms with Gasteiger partial charge < -0.3 is 15.4 Å². The lowest BCUT2D eigenvalue weighted by atomic mass is 10.4. The number of carbonyl (C=O) groups is 3. The third-order valence-corrected chi connectivity index (χ3v) is 3.87. The van der Waals surface area contributed by atoms with E-state index in [0.29, 0.717) is 6.54 Å². The van der Waals surface area contributed by atoms with Gasteiger partial charge in [0.25, 0.3) is 5.91 Å². The Morgan fingerprint density at radius 3 is 2.45 bits per heavy atom. The highest BCUT2D eigenvalue weighted by molar-refractivity contribution is 9.10. The predicted octanol–water partition coefficient (Wildman–Crippen LogP) is 1.34. The van der Waals surface area contributed by atoms with E-state index in [1.54, 1.807) is 6.92 Å². The molecule has 0 aliphatic heterocycles. The van der Waals surface area contributed by atoms with Crippen molar-refractivity contribution in [3.05, 3.63) is 28.7 Å². The predicted molar refractivity (Wildman–Crippen MR) is 87.5 cm³/mol. The summed E-state index contributed by atoms with van der Waals surface area (Å²) in [5, 5.41) is 4.90. The van der Waals surface area contributed by atoms with Crippen LogP contribution in [0.3, 0.4) is 0 Å². The summed E-state index contributed by atoms with van der Waals surface area (Å²) in [6.07, 6.45) is 0. The van der Waals surface area contributed by atoms with E-state index in [1.165, 1.54) is 11.8 Å². The topological polar surface area (TPSA) is 84.5 Å². The van der Waals surface area contributed by atoms with Crippen molar-refractivity contribution in [2.24, 2.45) is 0 Å². The maximum absolute atomic E-state index is 11.5. The Morgan fingerprint density at radius 2 is 1.82 bits per heavy atom. The molecule has 0 aliphatic rings. The molecule has 0 unspecified atom stereocenters. The SMILES string of the molecule is CCNC(=O)CNC(=O)COC(=O)CSc1ccc(Br)cc1. The van der Waals surface area contributed by atoms with E-state index in [1.807, 2.05) is 24.3 Å². The van der Waals surface area contributed by atoms with Gasteiger partial charge in [-0.05, 0) is 31.2 Å². The van der Waals surface area contributed by atoms with Crippen LogP contribution in [0.15, 0.2) is 33.6 Å². The van der Waals surface area contributed by atoms with Gasteiger partial charge in [-0.25, -0.2) is 0 Å². The van der Waals surface area contributed by atoms with E-state index >= 15 is 0 Å². The highest BCUT2D eigenvalue weighted by Crippen LogP contribution is 2.20. The number of ether oxygens (including phenoxy) is 1. The van der Waals surface area contributed by atoms with Crippen LogP contribution in [0, 0.1) is 0 Å². The average molecular weight is 389 g/mol. The molecular formula is C14H17BrN2O4S. The van der Waals surface area contributed by atoms with Gasteiger partial charge in [0.15, 0.2) is 6.61 Å². The first kappa shape index (κ1) is 18.5. The van der Waals surface area contributed by atoms with Gasteiger partial charge in [0.1, 0.15) is 0 Å². The van der Waals surface area contributed by atoms with Crippen molar-refractivity contribution in [3.8, 4) is 0 Å². The van der Waals surface area contributed by atoms with Gasteiger partial charge in [0.2, 0.25) is 5.91 Å². The number of carbonyl (C=O) groups excluding carboxylic acids is 3. The zero-order chi connectivity index (χ0) is 16.4. The van der Waals surface area contributed by atoms with Gasteiger partial charge in [-0.2, -0.15) is 0 Å². The van der Waals surface area contributed by atoms with Gasteiger partial charge in [0.05, 0.1) is 12.3 Å². The van der Waals surface area contributed by atoms with Crippen molar-refractivity contribution in [2.75, 3.05) is 25.4 Å². The maximum atomic E-state index is 11.5. The molecular weight excluding hydrogens is 372 g/mol. The number of likely N-dealkylation sites (N-methyl/N-ethyl adjacent to an activating group) is 1. The molecule has 8 heteroatoms. The van der Waals surface area contributed by atoms with E-state index < -0.39 is 11.9 Å². The zero-order valence-corrected chi connectivity index (χ0v) is 14.5. The summed E-state index contributed by atoms with van der Waals surface area (Å²) in [4.78, 5) is 35.0. The van der Waals surface area contributed by atoms with Gasteiger partial charge >= 0.3 is 5.97 Å². The van der Waals surface area contributed by atoms with E-state index in [-0.39, 0.29) is 24.8 Å². The molecule has 22 heavy (non-hydrogen) atoms. The summed E-state index contributed by atoms with van der Waals surface area (Å²) in [7, 11) is 0. The second-order valence-corrected chi connectivity index (χ2v) is 6.10. The molecule has 0 bridgehead atoms. The molecule has 0 fully saturated rings. The largest absolute Gasteiger partial charge is 0.455 e. The fourth-order valence-electron chi connectivity index (χ4n) is 1.35. The number of hydrogen-bond acceptors (Lipinski definition) is 5. The second kappa shape index (κ2) is 10.2. The molecule has 1 rings (SSSR count). The Kier molecular flexibility index (Phi) is 8.61. The lowest BCUT2D eigenvalue weighted by Gasteiger charge is -2.06. The van der Waals surface area contributed by atoms with Gasteiger partial charge in [-0.3, -0.25) is 14.4 Å². The number of esters is 1. The number of thioether (sulfide) groups is 1. The van der Waals surface area contributed by atoms with Crippen molar-refractivity contribution in [1.82, 2.24) is 10.6 Å². The molecule has 6 nitrogen and oxygen atoms in total. The Hall–Kier alpha value is -1.54. The van der Waals surface area contributed by atoms with Crippen molar-refractivity contribution < 1.29 is 19.1 Å². The van der Waals surface area contributed by atoms with Crippen LogP contribution in [0.25, 0.3) is 0 Å². The third-order valence-electron chi connectivity index (χ3n) is 2.35. The van der Waals surface area contributed by atoms with Crippen LogP contribution in [-0.2, 0) is 19.1 Å². The summed E-state index contributed by atoms with van der Waals surface area (Å²) >= 11 is 4.65. The van der Waals surface area contributed by atoms with Crippen LogP contribution >= 0.6 is 27.7 Å². The molecule has 0 radical (unpaired) electrons. The lowest BCUT2D eigenvalue weighted by Crippen LogP contribution is -2.38. The van der Waals surface area contributed by atoms with Crippen LogP contribution in [0.5, 0.6) is 0 Å². The monoisotopic (exact) mass is 388 g/mol. The molecule has 1 aromatic rings. The van der Waals surface area contributed by atoms with Gasteiger partial charge in [-0.1, -0.05) is 15.9 Å². The molecule has 0 saturated carbocycles. The van der Waals surface area contributed by atoms with Crippen LogP contribution in [0.4, 0.5) is 0 Å². The molecule has 0 saturated heterocycles. The smallest absolute Gasteiger partial charge is 0.316 e. The normalized spacial score (nSPS) is 9.91. The summed E-state index contributed by atoms with van der Waals surface area (Å²) < 4.78 is 5.79. The van der Waals surface area contributed by atoms with Gasteiger partial charge in [-0.15, -0.1) is 11.8 Å². The zero-order valence-electron chi connectivity index (χ0n) is 12.1. The van der Waals surface area contributed by atoms with E-state index in [4.69, 9.17) is 4.74 Å². The number of halogens is 1. The summed E-state index contributed by atoms with van der Waals surface area (Å²) in [6.45, 7) is 1.76. The Bertz CT molecular complexity index is 522. The van der Waals surface area contributed by atoms with Crippen molar-refractivity contribution in [1.29, 1.82) is 0 Å². The molecule has 120 valence electrons. The molecule has 0 aliphatic carbocycles. The highest BCUT2D eigenvalue weighted by Gasteiger charge is 2.09. The number of amides is 2. The first-order valence-electron chi connectivity index (χ1n) is 6.58.